The molecule has 0 heterocycles. The number of carbonyl (C=O) groups is 1. The maximum atomic E-state index is 11.5. The summed E-state index contributed by atoms with van der Waals surface area (Å²) in [5.41, 5.74) is 7.98. The Balaban J connectivity index is 2.09. The average molecular weight is 246 g/mol. The van der Waals surface area contributed by atoms with E-state index in [0.29, 0.717) is 17.3 Å². The van der Waals surface area contributed by atoms with Crippen LogP contribution in [0, 0.1) is 5.92 Å². The quantitative estimate of drug-likeness (QED) is 0.634. The summed E-state index contributed by atoms with van der Waals surface area (Å²) in [5.74, 6) is 0.811. The van der Waals surface area contributed by atoms with E-state index in [4.69, 9.17) is 5.73 Å². The fourth-order valence-electron chi connectivity index (χ4n) is 2.75. The van der Waals surface area contributed by atoms with Gasteiger partial charge in [-0.15, -0.1) is 0 Å². The van der Waals surface area contributed by atoms with E-state index in [1.807, 2.05) is 18.2 Å². The van der Waals surface area contributed by atoms with Crippen LogP contribution in [0.25, 0.3) is 0 Å². The SMILES string of the molecule is CC(=O)c1cc(NC2CCCC(C)C2)ccc1N. The summed E-state index contributed by atoms with van der Waals surface area (Å²) in [6, 6.07) is 6.17. The van der Waals surface area contributed by atoms with Crippen molar-refractivity contribution >= 4 is 17.2 Å². The molecule has 0 saturated heterocycles. The molecule has 0 spiro atoms. The second-order valence-corrected chi connectivity index (χ2v) is 5.47. The number of benzene rings is 1. The van der Waals surface area contributed by atoms with Gasteiger partial charge in [0.05, 0.1) is 0 Å². The van der Waals surface area contributed by atoms with Crippen LogP contribution in [0.5, 0.6) is 0 Å². The summed E-state index contributed by atoms with van der Waals surface area (Å²) < 4.78 is 0. The highest BCUT2D eigenvalue weighted by atomic mass is 16.1. The molecule has 0 aromatic heterocycles. The van der Waals surface area contributed by atoms with Gasteiger partial charge in [0.15, 0.2) is 5.78 Å². The highest BCUT2D eigenvalue weighted by molar-refractivity contribution is 6.00. The minimum Gasteiger partial charge on any atom is -0.398 e. The molecule has 3 heteroatoms. The van der Waals surface area contributed by atoms with Crippen LogP contribution in [-0.2, 0) is 0 Å². The third-order valence-electron chi connectivity index (χ3n) is 3.74. The van der Waals surface area contributed by atoms with E-state index in [9.17, 15) is 4.79 Å². The summed E-state index contributed by atoms with van der Waals surface area (Å²) in [6.45, 7) is 3.86. The summed E-state index contributed by atoms with van der Waals surface area (Å²) in [7, 11) is 0. The number of rotatable bonds is 3. The van der Waals surface area contributed by atoms with Crippen LogP contribution in [0.15, 0.2) is 18.2 Å². The number of nitrogens with two attached hydrogens (primary N) is 1. The summed E-state index contributed by atoms with van der Waals surface area (Å²) in [4.78, 5) is 11.5. The highest BCUT2D eigenvalue weighted by Crippen LogP contribution is 2.27. The van der Waals surface area contributed by atoms with Crippen LogP contribution in [0.3, 0.4) is 0 Å². The lowest BCUT2D eigenvalue weighted by Gasteiger charge is -2.28. The number of ketones is 1. The molecule has 1 fully saturated rings. The van der Waals surface area contributed by atoms with Crippen molar-refractivity contribution in [1.29, 1.82) is 0 Å². The molecule has 3 N–H and O–H groups in total. The topological polar surface area (TPSA) is 55.1 Å². The van der Waals surface area contributed by atoms with E-state index in [-0.39, 0.29) is 5.78 Å². The zero-order valence-electron chi connectivity index (χ0n) is 11.2. The monoisotopic (exact) mass is 246 g/mol. The van der Waals surface area contributed by atoms with Crippen molar-refractivity contribution < 1.29 is 4.79 Å². The van der Waals surface area contributed by atoms with Gasteiger partial charge in [-0.05, 0) is 43.9 Å². The first kappa shape index (κ1) is 12.9. The summed E-state index contributed by atoms with van der Waals surface area (Å²) in [5, 5.41) is 3.53. The van der Waals surface area contributed by atoms with Crippen molar-refractivity contribution in [2.75, 3.05) is 11.1 Å². The van der Waals surface area contributed by atoms with E-state index < -0.39 is 0 Å². The van der Waals surface area contributed by atoms with Crippen LogP contribution in [0.2, 0.25) is 0 Å². The Morgan fingerprint density at radius 2 is 2.17 bits per heavy atom. The molecular formula is C15H22N2O. The van der Waals surface area contributed by atoms with Crippen molar-refractivity contribution in [1.82, 2.24) is 0 Å². The molecule has 1 saturated carbocycles. The third kappa shape index (κ3) is 3.03. The second-order valence-electron chi connectivity index (χ2n) is 5.47. The first-order valence-electron chi connectivity index (χ1n) is 6.73. The van der Waals surface area contributed by atoms with Gasteiger partial charge in [-0.2, -0.15) is 0 Å². The zero-order valence-corrected chi connectivity index (χ0v) is 11.2. The minimum atomic E-state index is 0.0214. The number of nitrogen functional groups attached to an aromatic ring is 1. The number of hydrogen-bond donors (Lipinski definition) is 2. The molecule has 1 aromatic rings. The molecule has 18 heavy (non-hydrogen) atoms. The van der Waals surface area contributed by atoms with Gasteiger partial charge in [0.1, 0.15) is 0 Å². The molecule has 0 radical (unpaired) electrons. The maximum Gasteiger partial charge on any atom is 0.161 e. The van der Waals surface area contributed by atoms with Gasteiger partial charge in [-0.3, -0.25) is 4.79 Å². The van der Waals surface area contributed by atoms with E-state index in [1.165, 1.54) is 25.7 Å². The zero-order chi connectivity index (χ0) is 13.1. The number of carbonyl (C=O) groups excluding carboxylic acids is 1. The van der Waals surface area contributed by atoms with Crippen LogP contribution in [-0.4, -0.2) is 11.8 Å². The fraction of sp³-hybridized carbons (Fsp3) is 0.533. The van der Waals surface area contributed by atoms with Gasteiger partial charge in [0.25, 0.3) is 0 Å². The standard InChI is InChI=1S/C15H22N2O/c1-10-4-3-5-12(8-10)17-13-6-7-15(16)14(9-13)11(2)18/h6-7,9-10,12,17H,3-5,8,16H2,1-2H3. The van der Waals surface area contributed by atoms with Crippen molar-refractivity contribution in [2.45, 2.75) is 45.6 Å². The Morgan fingerprint density at radius 1 is 1.39 bits per heavy atom. The first-order valence-corrected chi connectivity index (χ1v) is 6.73. The minimum absolute atomic E-state index is 0.0214. The van der Waals surface area contributed by atoms with Gasteiger partial charge < -0.3 is 11.1 Å². The van der Waals surface area contributed by atoms with Gasteiger partial charge in [0, 0.05) is 23.0 Å². The smallest absolute Gasteiger partial charge is 0.161 e. The Labute approximate surface area is 109 Å². The Kier molecular flexibility index (Phi) is 3.90. The lowest BCUT2D eigenvalue weighted by Crippen LogP contribution is -2.26. The van der Waals surface area contributed by atoms with Crippen LogP contribution in [0.4, 0.5) is 11.4 Å². The predicted octanol–water partition coefficient (Wildman–Crippen LogP) is 3.46. The highest BCUT2D eigenvalue weighted by Gasteiger charge is 2.18. The molecule has 2 atom stereocenters. The van der Waals surface area contributed by atoms with Crippen molar-refractivity contribution in [2.24, 2.45) is 5.92 Å². The van der Waals surface area contributed by atoms with Gasteiger partial charge in [0.2, 0.25) is 0 Å². The predicted molar refractivity (Wildman–Crippen MR) is 75.9 cm³/mol. The molecule has 2 rings (SSSR count). The molecule has 1 aromatic carbocycles. The number of Topliss-reactive ketones (excluding diaryl/α,β-unsaturated/α-hetero) is 1. The van der Waals surface area contributed by atoms with E-state index >= 15 is 0 Å². The molecule has 0 amide bonds. The summed E-state index contributed by atoms with van der Waals surface area (Å²) >= 11 is 0. The molecule has 0 bridgehead atoms. The van der Waals surface area contributed by atoms with Gasteiger partial charge in [-0.1, -0.05) is 19.8 Å². The Morgan fingerprint density at radius 3 is 2.83 bits per heavy atom. The van der Waals surface area contributed by atoms with Crippen LogP contribution in [0.1, 0.15) is 49.9 Å². The van der Waals surface area contributed by atoms with E-state index in [2.05, 4.69) is 12.2 Å². The fourth-order valence-corrected chi connectivity index (χ4v) is 2.75. The van der Waals surface area contributed by atoms with Crippen molar-refractivity contribution in [3.63, 3.8) is 0 Å². The first-order chi connectivity index (χ1) is 8.56. The molecule has 3 nitrogen and oxygen atoms in total. The average Bonchev–Trinajstić information content (AvgIpc) is 2.31. The van der Waals surface area contributed by atoms with E-state index in [0.717, 1.165) is 11.6 Å². The Bertz CT molecular complexity index is 442. The molecular weight excluding hydrogens is 224 g/mol. The van der Waals surface area contributed by atoms with E-state index in [1.54, 1.807) is 6.92 Å². The largest absolute Gasteiger partial charge is 0.398 e. The van der Waals surface area contributed by atoms with Crippen molar-refractivity contribution in [3.05, 3.63) is 23.8 Å². The number of nitrogens with one attached hydrogen (secondary N) is 1. The van der Waals surface area contributed by atoms with Crippen LogP contribution < -0.4 is 11.1 Å². The van der Waals surface area contributed by atoms with Crippen LogP contribution >= 0.6 is 0 Å². The third-order valence-corrected chi connectivity index (χ3v) is 3.74. The molecule has 1 aliphatic rings. The normalized spacial score (nSPS) is 23.7. The van der Waals surface area contributed by atoms with Gasteiger partial charge >= 0.3 is 0 Å². The molecule has 0 aliphatic heterocycles. The molecule has 2 unspecified atom stereocenters. The summed E-state index contributed by atoms with van der Waals surface area (Å²) in [6.07, 6.45) is 5.04. The molecule has 1 aliphatic carbocycles. The lowest BCUT2D eigenvalue weighted by molar-refractivity contribution is 0.101. The lowest BCUT2D eigenvalue weighted by atomic mass is 9.87. The second kappa shape index (κ2) is 5.42. The Hall–Kier alpha value is -1.51. The maximum absolute atomic E-state index is 11.5. The van der Waals surface area contributed by atoms with Crippen molar-refractivity contribution in [3.8, 4) is 0 Å². The number of hydrogen-bond acceptors (Lipinski definition) is 3. The van der Waals surface area contributed by atoms with Gasteiger partial charge in [-0.25, -0.2) is 0 Å². The molecule has 98 valence electrons. The number of anilines is 2.